The first-order chi connectivity index (χ1) is 41.7. The predicted octanol–water partition coefficient (Wildman–Crippen LogP) is 7.40. The summed E-state index contributed by atoms with van der Waals surface area (Å²) in [7, 11) is 0. The Morgan fingerprint density at radius 1 is 0.784 bits per heavy atom. The number of carbonyl (C=O) groups excluding carboxylic acids is 9. The van der Waals surface area contributed by atoms with Gasteiger partial charge in [0.1, 0.15) is 24.7 Å². The maximum atomic E-state index is 13.7. The SMILES string of the molecule is CCCC(C)OC(C)(C)C[C@H](C)/C=C/C=C(\C)[C@H]1O[C@@H](CC(=O)N[C@@H](CCCOC(=O)N2CCN(C(=O)OCc3ccc(NC(=O)[C@H](CCCCNC(N)=O)NC(=O)[C@@H](NC(=O)CCCCCN4C(=O)C=CC4=O)C(C)C)cc3)CC2)C(=O)O)CC[C@@H]1C. The normalized spacial score (nSPS) is 19.0. The van der Waals surface area contributed by atoms with Crippen LogP contribution < -0.4 is 32.3 Å². The third kappa shape index (κ3) is 26.6. The van der Waals surface area contributed by atoms with Crippen LogP contribution in [0.1, 0.15) is 164 Å². The van der Waals surface area contributed by atoms with Gasteiger partial charge in [-0.1, -0.05) is 77.8 Å². The summed E-state index contributed by atoms with van der Waals surface area (Å²) in [6, 6.07) is 2.70. The number of anilines is 1. The summed E-state index contributed by atoms with van der Waals surface area (Å²) in [5.41, 5.74) is 7.01. The van der Waals surface area contributed by atoms with Crippen molar-refractivity contribution in [2.24, 2.45) is 23.5 Å². The number of rotatable bonds is 36. The van der Waals surface area contributed by atoms with Crippen LogP contribution in [-0.4, -0.2) is 167 Å². The Balaban J connectivity index is 1.16. The van der Waals surface area contributed by atoms with Crippen molar-refractivity contribution in [2.45, 2.75) is 207 Å². The van der Waals surface area contributed by atoms with Crippen molar-refractivity contribution in [3.63, 3.8) is 0 Å². The molecule has 3 aliphatic heterocycles. The summed E-state index contributed by atoms with van der Waals surface area (Å²) >= 11 is 0. The molecule has 0 bridgehead atoms. The molecule has 0 saturated carbocycles. The number of carbonyl (C=O) groups is 10. The Labute approximate surface area is 519 Å². The molecule has 0 radical (unpaired) electrons. The highest BCUT2D eigenvalue weighted by Gasteiger charge is 2.34. The molecule has 0 aromatic heterocycles. The van der Waals surface area contributed by atoms with Gasteiger partial charge in [-0.3, -0.25) is 33.7 Å². The van der Waals surface area contributed by atoms with E-state index in [1.54, 1.807) is 38.1 Å². The number of nitrogens with zero attached hydrogens (tertiary/aromatic N) is 3. The first-order valence-corrected chi connectivity index (χ1v) is 31.4. The molecule has 0 spiro atoms. The van der Waals surface area contributed by atoms with Crippen LogP contribution in [0, 0.1) is 17.8 Å². The zero-order valence-electron chi connectivity index (χ0n) is 53.2. The number of imide groups is 1. The highest BCUT2D eigenvalue weighted by molar-refractivity contribution is 6.12. The summed E-state index contributed by atoms with van der Waals surface area (Å²) in [6.45, 7) is 19.4. The fourth-order valence-corrected chi connectivity index (χ4v) is 11.0. The number of carboxylic acids is 1. The van der Waals surface area contributed by atoms with Gasteiger partial charge in [0.15, 0.2) is 0 Å². The molecule has 24 heteroatoms. The van der Waals surface area contributed by atoms with Crippen LogP contribution >= 0.6 is 0 Å². The van der Waals surface area contributed by atoms with E-state index in [9.17, 15) is 53.1 Å². The molecule has 88 heavy (non-hydrogen) atoms. The van der Waals surface area contributed by atoms with Crippen LogP contribution in [0.3, 0.4) is 0 Å². The summed E-state index contributed by atoms with van der Waals surface area (Å²) in [5, 5.41) is 23.4. The minimum Gasteiger partial charge on any atom is -0.480 e. The topological polar surface area (TPSA) is 324 Å². The lowest BCUT2D eigenvalue weighted by molar-refractivity contribution is -0.143. The van der Waals surface area contributed by atoms with E-state index in [-0.39, 0.29) is 138 Å². The van der Waals surface area contributed by atoms with Crippen LogP contribution in [0.5, 0.6) is 0 Å². The second kappa shape index (κ2) is 37.5. The highest BCUT2D eigenvalue weighted by atomic mass is 16.6. The molecular formula is C64H99N9O15. The molecule has 3 aliphatic rings. The van der Waals surface area contributed by atoms with Crippen molar-refractivity contribution in [3.8, 4) is 0 Å². The molecular weight excluding hydrogens is 1130 g/mol. The van der Waals surface area contributed by atoms with Gasteiger partial charge >= 0.3 is 24.2 Å². The smallest absolute Gasteiger partial charge is 0.410 e. The van der Waals surface area contributed by atoms with Gasteiger partial charge in [0.25, 0.3) is 11.8 Å². The van der Waals surface area contributed by atoms with E-state index < -0.39 is 60.0 Å². The molecule has 2 saturated heterocycles. The van der Waals surface area contributed by atoms with Crippen molar-refractivity contribution in [1.82, 2.24) is 36.0 Å². The van der Waals surface area contributed by atoms with Gasteiger partial charge in [-0.2, -0.15) is 0 Å². The van der Waals surface area contributed by atoms with Crippen LogP contribution in [0.4, 0.5) is 20.1 Å². The first-order valence-electron chi connectivity index (χ1n) is 31.4. The Hall–Kier alpha value is -7.34. The van der Waals surface area contributed by atoms with E-state index in [0.29, 0.717) is 55.7 Å². The Morgan fingerprint density at radius 2 is 1.43 bits per heavy atom. The number of aliphatic carboxylic acids is 1. The highest BCUT2D eigenvalue weighted by Crippen LogP contribution is 2.31. The largest absolute Gasteiger partial charge is 0.480 e. The maximum absolute atomic E-state index is 13.7. The minimum absolute atomic E-state index is 0.0177. The van der Waals surface area contributed by atoms with Gasteiger partial charge < -0.3 is 66.2 Å². The molecule has 490 valence electrons. The van der Waals surface area contributed by atoms with E-state index in [2.05, 4.69) is 86.4 Å². The lowest BCUT2D eigenvalue weighted by Gasteiger charge is -2.35. The van der Waals surface area contributed by atoms with E-state index in [4.69, 9.17) is 24.7 Å². The molecule has 0 aliphatic carbocycles. The minimum atomic E-state index is -1.20. The van der Waals surface area contributed by atoms with E-state index >= 15 is 0 Å². The van der Waals surface area contributed by atoms with Crippen molar-refractivity contribution in [2.75, 3.05) is 51.2 Å². The fourth-order valence-electron chi connectivity index (χ4n) is 11.0. The third-order valence-electron chi connectivity index (χ3n) is 15.7. The Bertz CT molecular complexity index is 2560. The molecule has 1 aromatic carbocycles. The van der Waals surface area contributed by atoms with Gasteiger partial charge in [-0.25, -0.2) is 19.2 Å². The zero-order chi connectivity index (χ0) is 64.9. The molecule has 4 rings (SSSR count). The number of hydrogen-bond acceptors (Lipinski definition) is 14. The van der Waals surface area contributed by atoms with E-state index in [0.717, 1.165) is 36.2 Å². The van der Waals surface area contributed by atoms with E-state index in [1.165, 1.54) is 22.0 Å². The average Bonchev–Trinajstić information content (AvgIpc) is 3.92. The number of urea groups is 1. The third-order valence-corrected chi connectivity index (χ3v) is 15.7. The fraction of sp³-hybridized carbons (Fsp3) is 0.656. The Kier molecular flexibility index (Phi) is 31.2. The number of nitrogens with two attached hydrogens (primary N) is 1. The number of unbranched alkanes of at least 4 members (excludes halogenated alkanes) is 3. The lowest BCUT2D eigenvalue weighted by Crippen LogP contribution is -2.54. The van der Waals surface area contributed by atoms with Gasteiger partial charge in [0.2, 0.25) is 23.6 Å². The molecule has 1 aromatic rings. The van der Waals surface area contributed by atoms with Crippen molar-refractivity contribution in [3.05, 3.63) is 65.8 Å². The van der Waals surface area contributed by atoms with Crippen molar-refractivity contribution in [1.29, 1.82) is 0 Å². The monoisotopic (exact) mass is 1230 g/mol. The molecule has 8 N–H and O–H groups in total. The first kappa shape index (κ1) is 73.1. The number of piperazine rings is 1. The number of nitrogens with one attached hydrogen (secondary N) is 5. The molecule has 3 heterocycles. The summed E-state index contributed by atoms with van der Waals surface area (Å²) in [5.74, 6) is -3.60. The molecule has 24 nitrogen and oxygen atoms in total. The Morgan fingerprint density at radius 3 is 2.06 bits per heavy atom. The number of hydrogen-bond donors (Lipinski definition) is 7. The second-order valence-electron chi connectivity index (χ2n) is 24.4. The van der Waals surface area contributed by atoms with E-state index in [1.807, 2.05) is 6.92 Å². The quantitative estimate of drug-likeness (QED) is 0.0195. The number of allylic oxidation sites excluding steroid dienone is 3. The average molecular weight is 1230 g/mol. The van der Waals surface area contributed by atoms with Gasteiger partial charge in [-0.15, -0.1) is 0 Å². The van der Waals surface area contributed by atoms with Gasteiger partial charge in [0, 0.05) is 63.5 Å². The van der Waals surface area contributed by atoms with Crippen molar-refractivity contribution < 1.29 is 72.0 Å². The number of primary amides is 1. The van der Waals surface area contributed by atoms with Crippen LogP contribution in [0.25, 0.3) is 0 Å². The number of carboxylic acid groups (broad SMARTS) is 1. The van der Waals surface area contributed by atoms with Crippen LogP contribution in [0.2, 0.25) is 0 Å². The van der Waals surface area contributed by atoms with Crippen LogP contribution in [-0.2, 0) is 59.1 Å². The molecule has 1 unspecified atom stereocenters. The number of amides is 10. The van der Waals surface area contributed by atoms with Crippen molar-refractivity contribution >= 4 is 65.3 Å². The number of benzene rings is 1. The molecule has 8 atom stereocenters. The second-order valence-corrected chi connectivity index (χ2v) is 24.4. The molecule has 10 amide bonds. The predicted molar refractivity (Wildman–Crippen MR) is 331 cm³/mol. The van der Waals surface area contributed by atoms with Gasteiger partial charge in [-0.05, 0) is 139 Å². The molecule has 2 fully saturated rings. The zero-order valence-corrected chi connectivity index (χ0v) is 53.2. The maximum Gasteiger partial charge on any atom is 0.410 e. The summed E-state index contributed by atoms with van der Waals surface area (Å²) < 4.78 is 23.7. The number of ether oxygens (including phenoxy) is 4. The lowest BCUT2D eigenvalue weighted by atomic mass is 9.88. The standard InChI is InChI=1S/C64H99N9O15/c1-10-18-46(7)88-64(8,9)40-43(4)19-16-20-44(5)57-45(6)24-29-49(87-57)39-53(75)68-51(60(80)81)22-17-38-85-62(83)71-34-36-72(37-35-71)63(84)86-41-47-25-27-48(28-26-47)67-58(78)50(21-13-14-32-66-61(65)82)69-59(79)56(42(2)3)70-52(74)23-12-11-15-33-73-54(76)30-31-55(73)77/h16,19-20,25-28,30-31,42-43,45-46,49-51,56-57H,10-15,17-18,21-24,29,32-41H2,1-9H3,(H,67,78)(H,68,75)(H,69,79)(H,70,74)(H,80,81)(H3,65,66,82)/b19-16+,44-20+/t43-,45+,46?,49-,50+,51+,56+,57-/m1/s1. The summed E-state index contributed by atoms with van der Waals surface area (Å²) in [4.78, 5) is 131. The van der Waals surface area contributed by atoms with Gasteiger partial charge in [0.05, 0.1) is 36.9 Å². The summed E-state index contributed by atoms with van der Waals surface area (Å²) in [6.07, 6.45) is 14.7. The van der Waals surface area contributed by atoms with Crippen LogP contribution in [0.15, 0.2) is 60.2 Å².